The predicted octanol–water partition coefficient (Wildman–Crippen LogP) is 5.44. The Morgan fingerprint density at radius 3 is 2.50 bits per heavy atom. The summed E-state index contributed by atoms with van der Waals surface area (Å²) in [5.41, 5.74) is 5.09. The minimum absolute atomic E-state index is 0.0117. The standard InChI is InChI=1S/C23H17ClF3N5O5S/c1-36-19-10-16(13-3-2-4-14(9-13)23(25,26)27)17(24)11-18(19)32(22(28)33)21-6-5-15(12-29-21)38(34,35)31-20-7-8-37-30-20/h2-12H,1H3,(H2,28,33)(H,30,31). The first-order chi connectivity index (χ1) is 17.9. The number of amides is 2. The summed E-state index contributed by atoms with van der Waals surface area (Å²) in [7, 11) is -2.80. The molecule has 15 heteroatoms. The van der Waals surface area contributed by atoms with E-state index in [4.69, 9.17) is 22.1 Å². The number of nitrogens with one attached hydrogen (secondary N) is 1. The number of carbonyl (C=O) groups excluding carboxylic acids is 1. The number of hydrogen-bond donors (Lipinski definition) is 2. The monoisotopic (exact) mass is 567 g/mol. The number of rotatable bonds is 7. The van der Waals surface area contributed by atoms with E-state index in [2.05, 4.69) is 19.4 Å². The number of nitrogens with two attached hydrogens (primary N) is 1. The van der Waals surface area contributed by atoms with E-state index in [1.807, 2.05) is 0 Å². The van der Waals surface area contributed by atoms with Gasteiger partial charge in [0.1, 0.15) is 22.7 Å². The van der Waals surface area contributed by atoms with Crippen molar-refractivity contribution >= 4 is 45.0 Å². The largest absolute Gasteiger partial charge is 0.495 e. The van der Waals surface area contributed by atoms with Crippen LogP contribution in [0.1, 0.15) is 5.56 Å². The fourth-order valence-corrected chi connectivity index (χ4v) is 4.65. The van der Waals surface area contributed by atoms with E-state index in [9.17, 15) is 26.4 Å². The number of ether oxygens (including phenoxy) is 1. The van der Waals surface area contributed by atoms with E-state index in [-0.39, 0.29) is 44.1 Å². The predicted molar refractivity (Wildman–Crippen MR) is 132 cm³/mol. The summed E-state index contributed by atoms with van der Waals surface area (Å²) >= 11 is 6.41. The van der Waals surface area contributed by atoms with Gasteiger partial charge in [0.15, 0.2) is 5.82 Å². The van der Waals surface area contributed by atoms with E-state index >= 15 is 0 Å². The maximum atomic E-state index is 13.2. The number of sulfonamides is 1. The van der Waals surface area contributed by atoms with Gasteiger partial charge < -0.3 is 15.0 Å². The van der Waals surface area contributed by atoms with Gasteiger partial charge in [-0.2, -0.15) is 13.2 Å². The van der Waals surface area contributed by atoms with E-state index in [0.717, 1.165) is 23.2 Å². The third kappa shape index (κ3) is 5.50. The van der Waals surface area contributed by atoms with Gasteiger partial charge in [0.2, 0.25) is 0 Å². The van der Waals surface area contributed by atoms with Gasteiger partial charge in [-0.3, -0.25) is 4.72 Å². The average Bonchev–Trinajstić information content (AvgIpc) is 3.36. The van der Waals surface area contributed by atoms with Crippen LogP contribution in [0.15, 0.2) is 76.5 Å². The van der Waals surface area contributed by atoms with Crippen LogP contribution in [0.3, 0.4) is 0 Å². The number of methoxy groups -OCH3 is 1. The van der Waals surface area contributed by atoms with Crippen molar-refractivity contribution in [2.75, 3.05) is 16.7 Å². The van der Waals surface area contributed by atoms with Crippen molar-refractivity contribution in [2.24, 2.45) is 5.73 Å². The van der Waals surface area contributed by atoms with Crippen LogP contribution in [0.5, 0.6) is 5.75 Å². The maximum Gasteiger partial charge on any atom is 0.416 e. The number of alkyl halides is 3. The Hall–Kier alpha value is -4.30. The summed E-state index contributed by atoms with van der Waals surface area (Å²) in [6.45, 7) is 0. The van der Waals surface area contributed by atoms with E-state index in [1.54, 1.807) is 0 Å². The summed E-state index contributed by atoms with van der Waals surface area (Å²) < 4.78 is 76.8. The summed E-state index contributed by atoms with van der Waals surface area (Å²) in [6.07, 6.45) is -2.40. The number of halogens is 4. The zero-order valence-corrected chi connectivity index (χ0v) is 20.8. The first kappa shape index (κ1) is 26.8. The Morgan fingerprint density at radius 2 is 1.92 bits per heavy atom. The van der Waals surface area contributed by atoms with Crippen molar-refractivity contribution in [3.05, 3.63) is 77.6 Å². The van der Waals surface area contributed by atoms with Crippen LogP contribution in [0, 0.1) is 0 Å². The quantitative estimate of drug-likeness (QED) is 0.303. The van der Waals surface area contributed by atoms with Gasteiger partial charge in [-0.1, -0.05) is 28.9 Å². The molecule has 198 valence electrons. The Kier molecular flexibility index (Phi) is 7.20. The normalized spacial score (nSPS) is 11.7. The molecular weight excluding hydrogens is 551 g/mol. The van der Waals surface area contributed by atoms with Gasteiger partial charge in [-0.05, 0) is 42.0 Å². The topological polar surface area (TPSA) is 141 Å². The lowest BCUT2D eigenvalue weighted by Gasteiger charge is -2.23. The molecule has 2 aromatic heterocycles. The van der Waals surface area contributed by atoms with Gasteiger partial charge >= 0.3 is 12.2 Å². The second-order valence-corrected chi connectivity index (χ2v) is 9.69. The molecule has 38 heavy (non-hydrogen) atoms. The van der Waals surface area contributed by atoms with Crippen LogP contribution in [0.2, 0.25) is 5.02 Å². The lowest BCUT2D eigenvalue weighted by molar-refractivity contribution is -0.137. The fraction of sp³-hybridized carbons (Fsp3) is 0.0870. The number of aromatic nitrogens is 2. The first-order valence-corrected chi connectivity index (χ1v) is 12.3. The zero-order chi connectivity index (χ0) is 27.7. The molecule has 0 bridgehead atoms. The number of anilines is 3. The highest BCUT2D eigenvalue weighted by atomic mass is 35.5. The molecule has 0 unspecified atom stereocenters. The maximum absolute atomic E-state index is 13.2. The summed E-state index contributed by atoms with van der Waals surface area (Å²) in [5.74, 6) is -0.0982. The number of hydrogen-bond acceptors (Lipinski definition) is 7. The van der Waals surface area contributed by atoms with Gasteiger partial charge in [0.25, 0.3) is 10.0 Å². The van der Waals surface area contributed by atoms with Crippen molar-refractivity contribution in [1.29, 1.82) is 0 Å². The molecule has 0 atom stereocenters. The molecule has 2 aromatic carbocycles. The Labute approximate surface area is 218 Å². The highest BCUT2D eigenvalue weighted by Gasteiger charge is 2.31. The van der Waals surface area contributed by atoms with Crippen LogP contribution in [-0.4, -0.2) is 31.7 Å². The van der Waals surface area contributed by atoms with Crippen LogP contribution < -0.4 is 20.1 Å². The van der Waals surface area contributed by atoms with Gasteiger partial charge in [0.05, 0.1) is 23.4 Å². The number of primary amides is 1. The third-order valence-corrected chi connectivity index (χ3v) is 6.82. The Balaban J connectivity index is 1.72. The molecule has 3 N–H and O–H groups in total. The van der Waals surface area contributed by atoms with Crippen LogP contribution in [-0.2, 0) is 16.2 Å². The van der Waals surface area contributed by atoms with Crippen LogP contribution in [0.25, 0.3) is 11.1 Å². The number of benzene rings is 2. The average molecular weight is 568 g/mol. The number of pyridine rings is 1. The van der Waals surface area contributed by atoms with Gasteiger partial charge in [-0.15, -0.1) is 0 Å². The minimum atomic E-state index is -4.56. The van der Waals surface area contributed by atoms with Crippen LogP contribution >= 0.6 is 11.6 Å². The molecule has 0 saturated heterocycles. The van der Waals surface area contributed by atoms with Crippen molar-refractivity contribution in [3.8, 4) is 16.9 Å². The second kappa shape index (κ2) is 10.2. The first-order valence-electron chi connectivity index (χ1n) is 10.4. The SMILES string of the molecule is COc1cc(-c2cccc(C(F)(F)F)c2)c(Cl)cc1N(C(N)=O)c1ccc(S(=O)(=O)Nc2ccon2)cn1. The lowest BCUT2D eigenvalue weighted by Crippen LogP contribution is -2.32. The van der Waals surface area contributed by atoms with Crippen molar-refractivity contribution < 1.29 is 35.6 Å². The van der Waals surface area contributed by atoms with Crippen molar-refractivity contribution in [3.63, 3.8) is 0 Å². The molecule has 2 heterocycles. The number of nitrogens with zero attached hydrogens (tertiary/aromatic N) is 3. The van der Waals surface area contributed by atoms with Crippen molar-refractivity contribution in [2.45, 2.75) is 11.1 Å². The van der Waals surface area contributed by atoms with E-state index in [1.165, 1.54) is 55.8 Å². The van der Waals surface area contributed by atoms with Gasteiger partial charge in [-0.25, -0.2) is 23.1 Å². The Morgan fingerprint density at radius 1 is 1.16 bits per heavy atom. The van der Waals surface area contributed by atoms with Crippen LogP contribution in [0.4, 0.5) is 35.3 Å². The molecule has 4 rings (SSSR count). The summed E-state index contributed by atoms with van der Waals surface area (Å²) in [5, 5.41) is 3.46. The molecule has 0 aliphatic carbocycles. The minimum Gasteiger partial charge on any atom is -0.495 e. The lowest BCUT2D eigenvalue weighted by atomic mass is 10.0. The molecule has 0 radical (unpaired) electrons. The van der Waals surface area contributed by atoms with Crippen molar-refractivity contribution in [1.82, 2.24) is 10.1 Å². The van der Waals surface area contributed by atoms with E-state index in [0.29, 0.717) is 0 Å². The van der Waals surface area contributed by atoms with E-state index < -0.39 is 27.8 Å². The summed E-state index contributed by atoms with van der Waals surface area (Å²) in [4.78, 5) is 17.1. The highest BCUT2D eigenvalue weighted by molar-refractivity contribution is 7.92. The molecular formula is C23H17ClF3N5O5S. The molecule has 0 aliphatic heterocycles. The highest BCUT2D eigenvalue weighted by Crippen LogP contribution is 2.42. The number of carbonyl (C=O) groups is 1. The summed E-state index contributed by atoms with van der Waals surface area (Å²) in [6, 6.07) is 9.83. The Bertz CT molecular complexity index is 1580. The molecule has 0 spiro atoms. The molecule has 0 fully saturated rings. The molecule has 10 nitrogen and oxygen atoms in total. The molecule has 0 aliphatic rings. The number of urea groups is 1. The second-order valence-electron chi connectivity index (χ2n) is 7.60. The molecule has 0 saturated carbocycles. The van der Waals surface area contributed by atoms with Gasteiger partial charge in [0, 0.05) is 17.8 Å². The molecule has 2 amide bonds. The fourth-order valence-electron chi connectivity index (χ4n) is 3.45. The molecule has 4 aromatic rings. The third-order valence-electron chi connectivity index (χ3n) is 5.17. The smallest absolute Gasteiger partial charge is 0.416 e. The zero-order valence-electron chi connectivity index (χ0n) is 19.2.